The quantitative estimate of drug-likeness (QED) is 0.518. The Balaban J connectivity index is 2.62. The molecule has 1 rings (SSSR count). The molecule has 1 nitrogen and oxygen atoms in total. The summed E-state index contributed by atoms with van der Waals surface area (Å²) in [6.45, 7) is -4.64. The van der Waals surface area contributed by atoms with Crippen LogP contribution in [0.1, 0.15) is 6.42 Å². The minimum absolute atomic E-state index is 0.260. The summed E-state index contributed by atoms with van der Waals surface area (Å²) in [5.74, 6) is 0. The molecule has 0 aromatic rings. The third kappa shape index (κ3) is 1.77. The van der Waals surface area contributed by atoms with Gasteiger partial charge in [0.1, 0.15) is 0 Å². The van der Waals surface area contributed by atoms with Crippen LogP contribution in [0.5, 0.6) is 0 Å². The molecule has 0 spiro atoms. The molecule has 0 aromatic heterocycles. The van der Waals surface area contributed by atoms with Crippen molar-refractivity contribution in [1.82, 2.24) is 0 Å². The molecule has 0 atom stereocenters. The Hall–Kier alpha value is -0.445. The van der Waals surface area contributed by atoms with Crippen molar-refractivity contribution in [2.75, 3.05) is 13.2 Å². The van der Waals surface area contributed by atoms with E-state index in [0.29, 0.717) is 13.0 Å². The van der Waals surface area contributed by atoms with Gasteiger partial charge in [0.25, 0.3) is 0 Å². The number of hydrogen-bond acceptors (Lipinski definition) is 1. The second kappa shape index (κ2) is 2.66. The van der Waals surface area contributed by atoms with Gasteiger partial charge in [0.05, 0.1) is 6.61 Å². The largest absolute Gasteiger partial charge is 0.507 e. The van der Waals surface area contributed by atoms with Crippen LogP contribution < -0.4 is 0 Å². The molecule has 0 unspecified atom stereocenters. The summed E-state index contributed by atoms with van der Waals surface area (Å²) in [5, 5.41) is 0. The molecule has 58 valence electrons. The summed E-state index contributed by atoms with van der Waals surface area (Å²) in [6, 6.07) is 0. The van der Waals surface area contributed by atoms with Crippen molar-refractivity contribution in [2.24, 2.45) is 0 Å². The Morgan fingerprint density at radius 1 is 1.40 bits per heavy atom. The van der Waals surface area contributed by atoms with Crippen molar-refractivity contribution >= 4 is 6.98 Å². The predicted molar refractivity (Wildman–Crippen MR) is 32.6 cm³/mol. The average molecular weight is 151 g/mol. The lowest BCUT2D eigenvalue weighted by atomic mass is 9.78. The van der Waals surface area contributed by atoms with Crippen LogP contribution in [0, 0.1) is 0 Å². The molecule has 0 fully saturated rings. The van der Waals surface area contributed by atoms with E-state index < -0.39 is 12.4 Å². The van der Waals surface area contributed by atoms with Gasteiger partial charge in [0.15, 0.2) is 0 Å². The van der Waals surface area contributed by atoms with Crippen LogP contribution in [0.3, 0.4) is 0 Å². The summed E-state index contributed by atoms with van der Waals surface area (Å²) in [4.78, 5) is 0. The van der Waals surface area contributed by atoms with Crippen LogP contribution in [0.25, 0.3) is 0 Å². The standard InChI is InChI=1S/C5H7BF3O/c7-6(8,9)5-2-1-3-10-4-5/h2H,1,3-4H2/q-1. The molecule has 1 heterocycles. The van der Waals surface area contributed by atoms with Gasteiger partial charge in [-0.15, -0.1) is 11.5 Å². The lowest BCUT2D eigenvalue weighted by molar-refractivity contribution is 0.151. The van der Waals surface area contributed by atoms with Gasteiger partial charge in [-0.2, -0.15) is 0 Å². The fraction of sp³-hybridized carbons (Fsp3) is 0.600. The smallest absolute Gasteiger partial charge is 0.445 e. The first kappa shape index (κ1) is 7.66. The normalized spacial score (nSPS) is 20.5. The molecule has 0 aromatic carbocycles. The Bertz CT molecular complexity index is 151. The van der Waals surface area contributed by atoms with Gasteiger partial charge in [-0.1, -0.05) is 0 Å². The second-order valence-corrected chi connectivity index (χ2v) is 2.20. The first-order chi connectivity index (χ1) is 4.61. The van der Waals surface area contributed by atoms with E-state index in [1.54, 1.807) is 0 Å². The van der Waals surface area contributed by atoms with Crippen molar-refractivity contribution < 1.29 is 17.7 Å². The lowest BCUT2D eigenvalue weighted by Gasteiger charge is -2.22. The van der Waals surface area contributed by atoms with Crippen molar-refractivity contribution in [3.05, 3.63) is 11.5 Å². The Labute approximate surface area is 56.9 Å². The van der Waals surface area contributed by atoms with Gasteiger partial charge < -0.3 is 17.7 Å². The van der Waals surface area contributed by atoms with E-state index >= 15 is 0 Å². The minimum Gasteiger partial charge on any atom is -0.445 e. The van der Waals surface area contributed by atoms with Gasteiger partial charge in [0.2, 0.25) is 0 Å². The zero-order valence-corrected chi connectivity index (χ0v) is 5.32. The van der Waals surface area contributed by atoms with E-state index in [9.17, 15) is 12.9 Å². The van der Waals surface area contributed by atoms with E-state index in [0.717, 1.165) is 0 Å². The highest BCUT2D eigenvalue weighted by molar-refractivity contribution is 6.66. The maximum atomic E-state index is 11.9. The molecule has 5 heteroatoms. The Morgan fingerprint density at radius 3 is 2.40 bits per heavy atom. The third-order valence-electron chi connectivity index (χ3n) is 1.36. The molecule has 1 aliphatic rings. The van der Waals surface area contributed by atoms with Crippen molar-refractivity contribution in [1.29, 1.82) is 0 Å². The zero-order chi connectivity index (χ0) is 7.61. The summed E-state index contributed by atoms with van der Waals surface area (Å²) < 4.78 is 40.2. The summed E-state index contributed by atoms with van der Waals surface area (Å²) in [7, 11) is 0. The highest BCUT2D eigenvalue weighted by atomic mass is 19.4. The van der Waals surface area contributed by atoms with Gasteiger partial charge in [-0.25, -0.2) is 0 Å². The maximum Gasteiger partial charge on any atom is 0.507 e. The molecule has 0 aliphatic carbocycles. The average Bonchev–Trinajstić information content (AvgIpc) is 1.88. The number of rotatable bonds is 1. The van der Waals surface area contributed by atoms with Crippen molar-refractivity contribution in [3.8, 4) is 0 Å². The molecular weight excluding hydrogens is 144 g/mol. The van der Waals surface area contributed by atoms with Gasteiger partial charge in [-0.05, 0) is 6.42 Å². The molecule has 1 aliphatic heterocycles. The number of hydrogen-bond donors (Lipinski definition) is 0. The highest BCUT2D eigenvalue weighted by Gasteiger charge is 2.28. The second-order valence-electron chi connectivity index (χ2n) is 2.20. The van der Waals surface area contributed by atoms with E-state index in [4.69, 9.17) is 0 Å². The van der Waals surface area contributed by atoms with Crippen LogP contribution in [-0.2, 0) is 4.74 Å². The SMILES string of the molecule is F[B-](F)(F)C1=CCCOC1. The zero-order valence-electron chi connectivity index (χ0n) is 5.32. The fourth-order valence-electron chi connectivity index (χ4n) is 0.805. The molecular formula is C5H7BF3O-. The van der Waals surface area contributed by atoms with Crippen molar-refractivity contribution in [2.45, 2.75) is 6.42 Å². The van der Waals surface area contributed by atoms with Crippen LogP contribution in [0.4, 0.5) is 12.9 Å². The van der Waals surface area contributed by atoms with E-state index in [1.807, 2.05) is 0 Å². The van der Waals surface area contributed by atoms with E-state index in [2.05, 4.69) is 4.74 Å². The molecule has 10 heavy (non-hydrogen) atoms. The summed E-state index contributed by atoms with van der Waals surface area (Å²) >= 11 is 0. The van der Waals surface area contributed by atoms with Crippen LogP contribution >= 0.6 is 0 Å². The summed E-state index contributed by atoms with van der Waals surface area (Å²) in [5.41, 5.74) is -0.494. The first-order valence-electron chi connectivity index (χ1n) is 3.07. The number of ether oxygens (including phenoxy) is 1. The number of halogens is 3. The van der Waals surface area contributed by atoms with E-state index in [1.165, 1.54) is 6.08 Å². The summed E-state index contributed by atoms with van der Waals surface area (Å²) in [6.07, 6.45) is 1.60. The highest BCUT2D eigenvalue weighted by Crippen LogP contribution is 2.22. The molecule has 0 saturated heterocycles. The fourth-order valence-corrected chi connectivity index (χ4v) is 0.805. The van der Waals surface area contributed by atoms with Gasteiger partial charge >= 0.3 is 6.98 Å². The van der Waals surface area contributed by atoms with Gasteiger partial charge in [0, 0.05) is 6.61 Å². The Kier molecular flexibility index (Phi) is 2.04. The van der Waals surface area contributed by atoms with Crippen molar-refractivity contribution in [3.63, 3.8) is 0 Å². The Morgan fingerprint density at radius 2 is 2.10 bits per heavy atom. The third-order valence-corrected chi connectivity index (χ3v) is 1.36. The van der Waals surface area contributed by atoms with Crippen LogP contribution in [0.15, 0.2) is 11.5 Å². The minimum atomic E-state index is -4.79. The molecule has 0 N–H and O–H groups in total. The molecule has 0 amide bonds. The van der Waals surface area contributed by atoms with Gasteiger partial charge in [-0.3, -0.25) is 0 Å². The molecule has 0 saturated carbocycles. The lowest BCUT2D eigenvalue weighted by Crippen LogP contribution is -2.25. The molecule has 0 radical (unpaired) electrons. The topological polar surface area (TPSA) is 9.23 Å². The first-order valence-corrected chi connectivity index (χ1v) is 3.07. The monoisotopic (exact) mass is 151 g/mol. The van der Waals surface area contributed by atoms with Crippen LogP contribution in [-0.4, -0.2) is 20.2 Å². The predicted octanol–water partition coefficient (Wildman–Crippen LogP) is 1.72. The van der Waals surface area contributed by atoms with Crippen LogP contribution in [0.2, 0.25) is 0 Å². The van der Waals surface area contributed by atoms with E-state index in [-0.39, 0.29) is 6.61 Å². The maximum absolute atomic E-state index is 11.9. The molecule has 0 bridgehead atoms.